The van der Waals surface area contributed by atoms with Crippen molar-refractivity contribution in [3.8, 4) is 0 Å². The molecule has 1 aromatic rings. The van der Waals surface area contributed by atoms with Gasteiger partial charge in [-0.25, -0.2) is 8.78 Å². The molecule has 0 heterocycles. The lowest BCUT2D eigenvalue weighted by Crippen LogP contribution is -2.43. The maximum absolute atomic E-state index is 13.7. The molecule has 25 heavy (non-hydrogen) atoms. The summed E-state index contributed by atoms with van der Waals surface area (Å²) in [5.74, 6) is -6.99. The average molecular weight is 365 g/mol. The van der Waals surface area contributed by atoms with Gasteiger partial charge in [-0.2, -0.15) is 13.2 Å². The summed E-state index contributed by atoms with van der Waals surface area (Å²) in [6, 6.07) is -0.370. The minimum absolute atomic E-state index is 0.0859. The van der Waals surface area contributed by atoms with Crippen LogP contribution in [0.25, 0.3) is 0 Å². The van der Waals surface area contributed by atoms with E-state index in [1.807, 2.05) is 0 Å². The second kappa shape index (κ2) is 7.37. The second-order valence-corrected chi connectivity index (χ2v) is 6.02. The summed E-state index contributed by atoms with van der Waals surface area (Å²) in [6.07, 6.45) is -4.14. The number of nitrogens with one attached hydrogen (secondary N) is 1. The Morgan fingerprint density at radius 3 is 2.40 bits per heavy atom. The van der Waals surface area contributed by atoms with Crippen LogP contribution in [0.2, 0.25) is 0 Å². The summed E-state index contributed by atoms with van der Waals surface area (Å²) in [5.41, 5.74) is -1.02. The monoisotopic (exact) mass is 365 g/mol. The van der Waals surface area contributed by atoms with Crippen LogP contribution in [0.15, 0.2) is 18.2 Å². The van der Waals surface area contributed by atoms with E-state index in [2.05, 4.69) is 0 Å². The first-order chi connectivity index (χ1) is 11.6. The topological polar surface area (TPSA) is 66.4 Å². The predicted molar refractivity (Wildman–Crippen MR) is 76.4 cm³/mol. The lowest BCUT2D eigenvalue weighted by atomic mass is 9.81. The zero-order chi connectivity index (χ0) is 18.8. The molecule has 3 atom stereocenters. The zero-order valence-corrected chi connectivity index (χ0v) is 12.9. The van der Waals surface area contributed by atoms with Gasteiger partial charge in [0.1, 0.15) is 0 Å². The highest BCUT2D eigenvalue weighted by Gasteiger charge is 2.45. The third-order valence-electron chi connectivity index (χ3n) is 4.30. The van der Waals surface area contributed by atoms with E-state index in [1.54, 1.807) is 5.32 Å². The molecule has 1 saturated carbocycles. The van der Waals surface area contributed by atoms with Crippen LogP contribution in [0.5, 0.6) is 0 Å². The van der Waals surface area contributed by atoms with Crippen molar-refractivity contribution in [3.05, 3.63) is 35.4 Å². The minimum atomic E-state index is -5.04. The smallest absolute Gasteiger partial charge is 0.412 e. The standard InChI is InChI=1S/C16H16F5NO3/c17-11-6-2-5-10(12(11)18)13(16(19,20)21)22-14(23)8-3-1-4-9(7-8)15(24)25/h2,5-6,8-9,13H,1,3-4,7H2,(H,22,23)(H,24,25). The van der Waals surface area contributed by atoms with Gasteiger partial charge in [0.2, 0.25) is 5.91 Å². The number of aliphatic carboxylic acids is 1. The molecule has 1 aliphatic rings. The van der Waals surface area contributed by atoms with Crippen LogP contribution in [0.1, 0.15) is 37.3 Å². The molecule has 138 valence electrons. The molecule has 3 unspecified atom stereocenters. The van der Waals surface area contributed by atoms with Gasteiger partial charge < -0.3 is 10.4 Å². The third kappa shape index (κ3) is 4.46. The number of hydrogen-bond donors (Lipinski definition) is 2. The van der Waals surface area contributed by atoms with Gasteiger partial charge in [0, 0.05) is 11.5 Å². The van der Waals surface area contributed by atoms with Crippen LogP contribution in [0, 0.1) is 23.5 Å². The van der Waals surface area contributed by atoms with Crippen LogP contribution in [0.4, 0.5) is 22.0 Å². The molecular weight excluding hydrogens is 349 g/mol. The zero-order valence-electron chi connectivity index (χ0n) is 12.9. The van der Waals surface area contributed by atoms with Crippen molar-refractivity contribution in [3.63, 3.8) is 0 Å². The molecule has 0 radical (unpaired) electrons. The van der Waals surface area contributed by atoms with Crippen molar-refractivity contribution >= 4 is 11.9 Å². The number of carbonyl (C=O) groups excluding carboxylic acids is 1. The van der Waals surface area contributed by atoms with Crippen molar-refractivity contribution in [1.82, 2.24) is 5.32 Å². The molecule has 9 heteroatoms. The molecule has 1 amide bonds. The molecule has 1 aliphatic carbocycles. The number of halogens is 5. The first-order valence-corrected chi connectivity index (χ1v) is 7.65. The minimum Gasteiger partial charge on any atom is -0.481 e. The molecule has 0 bridgehead atoms. The van der Waals surface area contributed by atoms with Gasteiger partial charge in [-0.1, -0.05) is 18.6 Å². The Hall–Kier alpha value is -2.19. The summed E-state index contributed by atoms with van der Waals surface area (Å²) in [7, 11) is 0. The van der Waals surface area contributed by atoms with Crippen molar-refractivity contribution in [2.75, 3.05) is 0 Å². The summed E-state index contributed by atoms with van der Waals surface area (Å²) < 4.78 is 66.7. The maximum atomic E-state index is 13.7. The van der Waals surface area contributed by atoms with Gasteiger partial charge in [0.15, 0.2) is 17.7 Å². The van der Waals surface area contributed by atoms with E-state index in [0.717, 1.165) is 12.1 Å². The van der Waals surface area contributed by atoms with Crippen LogP contribution < -0.4 is 5.32 Å². The first kappa shape index (κ1) is 19.1. The van der Waals surface area contributed by atoms with Gasteiger partial charge in [-0.15, -0.1) is 0 Å². The van der Waals surface area contributed by atoms with E-state index >= 15 is 0 Å². The first-order valence-electron chi connectivity index (χ1n) is 7.65. The van der Waals surface area contributed by atoms with Gasteiger partial charge in [-0.3, -0.25) is 9.59 Å². The normalized spacial score (nSPS) is 22.3. The highest BCUT2D eigenvalue weighted by molar-refractivity contribution is 5.80. The Labute approximate surface area is 140 Å². The van der Waals surface area contributed by atoms with Crippen LogP contribution >= 0.6 is 0 Å². The van der Waals surface area contributed by atoms with Crippen LogP contribution in [-0.4, -0.2) is 23.2 Å². The number of carboxylic acid groups (broad SMARTS) is 1. The number of amides is 1. The number of rotatable bonds is 4. The Bertz CT molecular complexity index is 662. The van der Waals surface area contributed by atoms with Crippen LogP contribution in [-0.2, 0) is 9.59 Å². The summed E-state index contributed by atoms with van der Waals surface area (Å²) in [6.45, 7) is 0. The van der Waals surface area contributed by atoms with Crippen molar-refractivity contribution in [2.24, 2.45) is 11.8 Å². The summed E-state index contributed by atoms with van der Waals surface area (Å²) in [4.78, 5) is 23.2. The highest BCUT2D eigenvalue weighted by Crippen LogP contribution is 2.36. The van der Waals surface area contributed by atoms with E-state index in [4.69, 9.17) is 5.11 Å². The molecule has 2 N–H and O–H groups in total. The van der Waals surface area contributed by atoms with Crippen molar-refractivity contribution < 1.29 is 36.6 Å². The van der Waals surface area contributed by atoms with Gasteiger partial charge in [0.25, 0.3) is 0 Å². The largest absolute Gasteiger partial charge is 0.481 e. The fourth-order valence-corrected chi connectivity index (χ4v) is 2.99. The SMILES string of the molecule is O=C(O)C1CCCC(C(=O)NC(c2cccc(F)c2F)C(F)(F)F)C1. The van der Waals surface area contributed by atoms with E-state index in [1.165, 1.54) is 0 Å². The van der Waals surface area contributed by atoms with Gasteiger partial charge in [0.05, 0.1) is 5.92 Å². The maximum Gasteiger partial charge on any atom is 0.412 e. The number of carboxylic acids is 1. The van der Waals surface area contributed by atoms with Crippen molar-refractivity contribution in [1.29, 1.82) is 0 Å². The number of benzene rings is 1. The summed E-state index contributed by atoms with van der Waals surface area (Å²) in [5, 5.41) is 10.7. The Morgan fingerprint density at radius 1 is 1.16 bits per heavy atom. The second-order valence-electron chi connectivity index (χ2n) is 6.02. The Balaban J connectivity index is 2.21. The highest BCUT2D eigenvalue weighted by atomic mass is 19.4. The molecule has 0 aliphatic heterocycles. The van der Waals surface area contributed by atoms with E-state index in [9.17, 15) is 31.5 Å². The third-order valence-corrected chi connectivity index (χ3v) is 4.30. The number of carbonyl (C=O) groups is 2. The molecule has 4 nitrogen and oxygen atoms in total. The fourth-order valence-electron chi connectivity index (χ4n) is 2.99. The van der Waals surface area contributed by atoms with E-state index < -0.39 is 53.1 Å². The number of alkyl halides is 3. The average Bonchev–Trinajstić information content (AvgIpc) is 2.54. The van der Waals surface area contributed by atoms with Crippen LogP contribution in [0.3, 0.4) is 0 Å². The number of hydrogen-bond acceptors (Lipinski definition) is 2. The molecule has 0 aromatic heterocycles. The molecule has 1 aromatic carbocycles. The Morgan fingerprint density at radius 2 is 1.80 bits per heavy atom. The quantitative estimate of drug-likeness (QED) is 0.802. The van der Waals surface area contributed by atoms with Gasteiger partial charge in [-0.05, 0) is 25.3 Å². The molecular formula is C16H16F5NO3. The molecule has 0 saturated heterocycles. The lowest BCUT2D eigenvalue weighted by Gasteiger charge is -2.29. The Kier molecular flexibility index (Phi) is 5.64. The van der Waals surface area contributed by atoms with Crippen molar-refractivity contribution in [2.45, 2.75) is 37.9 Å². The molecule has 0 spiro atoms. The predicted octanol–water partition coefficient (Wildman–Crippen LogP) is 3.58. The fraction of sp³-hybridized carbons (Fsp3) is 0.500. The van der Waals surface area contributed by atoms with E-state index in [-0.39, 0.29) is 12.8 Å². The molecule has 2 rings (SSSR count). The lowest BCUT2D eigenvalue weighted by molar-refractivity contribution is -0.166. The van der Waals surface area contributed by atoms with Gasteiger partial charge >= 0.3 is 12.1 Å². The molecule has 1 fully saturated rings. The van der Waals surface area contributed by atoms with E-state index in [0.29, 0.717) is 18.9 Å². The summed E-state index contributed by atoms with van der Waals surface area (Å²) >= 11 is 0.